The second-order valence-corrected chi connectivity index (χ2v) is 13.7. The summed E-state index contributed by atoms with van der Waals surface area (Å²) in [5, 5.41) is 0. The third-order valence-corrected chi connectivity index (χ3v) is 11.1. The van der Waals surface area contributed by atoms with Gasteiger partial charge in [0.1, 0.15) is 0 Å². The van der Waals surface area contributed by atoms with Gasteiger partial charge in [-0.2, -0.15) is 0 Å². The van der Waals surface area contributed by atoms with E-state index >= 15 is 0 Å². The second-order valence-electron chi connectivity index (χ2n) is 13.7. The van der Waals surface area contributed by atoms with Gasteiger partial charge in [0, 0.05) is 16.7 Å². The first-order valence-corrected chi connectivity index (χ1v) is 16.9. The largest absolute Gasteiger partial charge is 0.208 e. The molecule has 3 aliphatic carbocycles. The van der Waals surface area contributed by atoms with Crippen LogP contribution in [0.25, 0.3) is 56.4 Å². The summed E-state index contributed by atoms with van der Waals surface area (Å²) in [5.74, 6) is 6.09. The van der Waals surface area contributed by atoms with Crippen LogP contribution in [0.2, 0.25) is 0 Å². The molecular formula is C43H37N3. The van der Waals surface area contributed by atoms with Crippen molar-refractivity contribution in [2.75, 3.05) is 0 Å². The lowest BCUT2D eigenvalue weighted by atomic mass is 9.63. The lowest BCUT2D eigenvalue weighted by Gasteiger charge is -2.42. The van der Waals surface area contributed by atoms with Crippen LogP contribution in [0.4, 0.5) is 0 Å². The van der Waals surface area contributed by atoms with Gasteiger partial charge < -0.3 is 0 Å². The Morgan fingerprint density at radius 1 is 0.435 bits per heavy atom. The van der Waals surface area contributed by atoms with Crippen LogP contribution >= 0.6 is 0 Å². The Morgan fingerprint density at radius 2 is 0.978 bits per heavy atom. The molecule has 2 fully saturated rings. The van der Waals surface area contributed by atoms with Crippen molar-refractivity contribution < 1.29 is 0 Å². The highest BCUT2D eigenvalue weighted by Gasteiger charge is 2.48. The van der Waals surface area contributed by atoms with Gasteiger partial charge in [-0.3, -0.25) is 0 Å². The van der Waals surface area contributed by atoms with Crippen LogP contribution in [0.1, 0.15) is 55.6 Å². The Kier molecular flexibility index (Phi) is 6.66. The molecule has 3 nitrogen and oxygen atoms in total. The summed E-state index contributed by atoms with van der Waals surface area (Å²) in [6.45, 7) is 2.46. The van der Waals surface area contributed by atoms with E-state index in [2.05, 4.69) is 73.7 Å². The van der Waals surface area contributed by atoms with Crippen LogP contribution in [0.3, 0.4) is 0 Å². The topological polar surface area (TPSA) is 38.7 Å². The van der Waals surface area contributed by atoms with Crippen molar-refractivity contribution in [1.82, 2.24) is 15.0 Å². The van der Waals surface area contributed by atoms with Crippen molar-refractivity contribution >= 4 is 0 Å². The Labute approximate surface area is 271 Å². The number of rotatable bonds is 4. The summed E-state index contributed by atoms with van der Waals surface area (Å²) >= 11 is 0. The van der Waals surface area contributed by atoms with Gasteiger partial charge >= 0.3 is 0 Å². The Bertz CT molecular complexity index is 1980. The minimum absolute atomic E-state index is 0.559. The SMILES string of the molecule is CC1CC2CC3CC(CC23)c2ccccc2-c2cc(-c3ccc(-c4nc(-c5ccccc5)nc(-c5ccccc5)n4)cc3)ccc21. The minimum atomic E-state index is 0.559. The molecule has 0 aliphatic heterocycles. The summed E-state index contributed by atoms with van der Waals surface area (Å²) in [4.78, 5) is 14.7. The molecule has 6 aromatic rings. The van der Waals surface area contributed by atoms with Gasteiger partial charge in [0.25, 0.3) is 0 Å². The van der Waals surface area contributed by atoms with E-state index in [0.717, 1.165) is 34.4 Å². The molecule has 3 heteroatoms. The van der Waals surface area contributed by atoms with Crippen molar-refractivity contribution in [2.45, 2.75) is 44.4 Å². The van der Waals surface area contributed by atoms with E-state index in [1.807, 2.05) is 60.7 Å². The molecule has 0 amide bonds. The third-order valence-electron chi connectivity index (χ3n) is 11.1. The van der Waals surface area contributed by atoms with Crippen molar-refractivity contribution in [3.8, 4) is 56.4 Å². The van der Waals surface area contributed by atoms with E-state index < -0.39 is 0 Å². The number of nitrogens with zero attached hydrogens (tertiary/aromatic N) is 3. The zero-order valence-corrected chi connectivity index (χ0v) is 26.2. The number of aromatic nitrogens is 3. The standard InChI is InChI=1S/C43H37N3/c1-27-22-33-23-34-24-35(26-39(33)34)37-14-8-9-15-38(37)40-25-32(20-21-36(27)40)28-16-18-31(19-17-28)43-45-41(29-10-4-2-5-11-29)44-42(46-43)30-12-6-3-7-13-30/h2-21,25,27,33-35,39H,22-24,26H2,1H3. The smallest absolute Gasteiger partial charge is 0.164 e. The molecule has 46 heavy (non-hydrogen) atoms. The monoisotopic (exact) mass is 595 g/mol. The average Bonchev–Trinajstić information content (AvgIpc) is 3.46. The van der Waals surface area contributed by atoms with Gasteiger partial charge in [-0.25, -0.2) is 15.0 Å². The number of hydrogen-bond acceptors (Lipinski definition) is 3. The molecule has 0 saturated heterocycles. The van der Waals surface area contributed by atoms with Gasteiger partial charge in [0.2, 0.25) is 0 Å². The molecule has 9 rings (SSSR count). The Morgan fingerprint density at radius 3 is 1.65 bits per heavy atom. The van der Waals surface area contributed by atoms with Crippen LogP contribution in [0.5, 0.6) is 0 Å². The van der Waals surface area contributed by atoms with Crippen LogP contribution in [-0.2, 0) is 0 Å². The van der Waals surface area contributed by atoms with Crippen LogP contribution < -0.4 is 0 Å². The molecule has 2 bridgehead atoms. The Hall–Kier alpha value is -4.89. The maximum atomic E-state index is 4.93. The number of benzene rings is 5. The van der Waals surface area contributed by atoms with Crippen LogP contribution in [0.15, 0.2) is 127 Å². The molecule has 1 aromatic heterocycles. The van der Waals surface area contributed by atoms with Crippen LogP contribution in [-0.4, -0.2) is 15.0 Å². The number of fused-ring (bicyclic) bond motifs is 5. The van der Waals surface area contributed by atoms with Gasteiger partial charge in [-0.05, 0) is 94.7 Å². The molecule has 5 atom stereocenters. The van der Waals surface area contributed by atoms with Crippen molar-refractivity contribution in [3.05, 3.63) is 139 Å². The Balaban J connectivity index is 1.10. The van der Waals surface area contributed by atoms with Crippen molar-refractivity contribution in [2.24, 2.45) is 17.8 Å². The fourth-order valence-electron chi connectivity index (χ4n) is 8.73. The first-order valence-electron chi connectivity index (χ1n) is 16.9. The van der Waals surface area contributed by atoms with E-state index in [0.29, 0.717) is 29.3 Å². The fourth-order valence-corrected chi connectivity index (χ4v) is 8.73. The first-order chi connectivity index (χ1) is 22.7. The second kappa shape index (κ2) is 11.2. The summed E-state index contributed by atoms with van der Waals surface area (Å²) in [5.41, 5.74) is 11.3. The molecule has 2 saturated carbocycles. The minimum Gasteiger partial charge on any atom is -0.208 e. The molecule has 0 radical (unpaired) electrons. The zero-order chi connectivity index (χ0) is 30.6. The van der Waals surface area contributed by atoms with E-state index in [1.165, 1.54) is 53.5 Å². The molecule has 0 spiro atoms. The fraction of sp³-hybridized carbons (Fsp3) is 0.233. The van der Waals surface area contributed by atoms with E-state index in [4.69, 9.17) is 15.0 Å². The van der Waals surface area contributed by atoms with E-state index in [9.17, 15) is 0 Å². The normalized spacial score (nSPS) is 22.8. The molecule has 3 aliphatic rings. The molecule has 224 valence electrons. The highest BCUT2D eigenvalue weighted by atomic mass is 15.0. The summed E-state index contributed by atoms with van der Waals surface area (Å²) in [7, 11) is 0. The van der Waals surface area contributed by atoms with Gasteiger partial charge in [-0.1, -0.05) is 128 Å². The molecule has 1 heterocycles. The summed E-state index contributed by atoms with van der Waals surface area (Å²) < 4.78 is 0. The molecule has 5 unspecified atom stereocenters. The third kappa shape index (κ3) is 4.77. The highest BCUT2D eigenvalue weighted by Crippen LogP contribution is 2.60. The zero-order valence-electron chi connectivity index (χ0n) is 26.2. The maximum Gasteiger partial charge on any atom is 0.164 e. The van der Waals surface area contributed by atoms with Gasteiger partial charge in [0.05, 0.1) is 0 Å². The lowest BCUT2D eigenvalue weighted by molar-refractivity contribution is 0.0894. The first kappa shape index (κ1) is 27.4. The quantitative estimate of drug-likeness (QED) is 0.203. The predicted octanol–water partition coefficient (Wildman–Crippen LogP) is 10.8. The average molecular weight is 596 g/mol. The van der Waals surface area contributed by atoms with Crippen molar-refractivity contribution in [1.29, 1.82) is 0 Å². The maximum absolute atomic E-state index is 4.93. The van der Waals surface area contributed by atoms with E-state index in [1.54, 1.807) is 5.56 Å². The van der Waals surface area contributed by atoms with Crippen LogP contribution in [0, 0.1) is 17.8 Å². The number of hydrogen-bond donors (Lipinski definition) is 0. The van der Waals surface area contributed by atoms with E-state index in [-0.39, 0.29) is 0 Å². The lowest BCUT2D eigenvalue weighted by Crippen LogP contribution is -2.33. The van der Waals surface area contributed by atoms with Crippen molar-refractivity contribution in [3.63, 3.8) is 0 Å². The summed E-state index contributed by atoms with van der Waals surface area (Å²) in [6, 6.07) is 45.6. The molecular weight excluding hydrogens is 558 g/mol. The molecule has 0 N–H and O–H groups in total. The summed E-state index contributed by atoms with van der Waals surface area (Å²) in [6.07, 6.45) is 5.51. The van der Waals surface area contributed by atoms with Gasteiger partial charge in [0.15, 0.2) is 17.5 Å². The predicted molar refractivity (Wildman–Crippen MR) is 187 cm³/mol. The van der Waals surface area contributed by atoms with Gasteiger partial charge in [-0.15, -0.1) is 0 Å². The molecule has 5 aromatic carbocycles. The highest BCUT2D eigenvalue weighted by molar-refractivity contribution is 5.79.